The number of carbonyl (C=O) groups excluding carboxylic acids is 1. The van der Waals surface area contributed by atoms with Crippen molar-refractivity contribution in [1.82, 2.24) is 15.3 Å². The van der Waals surface area contributed by atoms with Crippen molar-refractivity contribution in [2.24, 2.45) is 0 Å². The van der Waals surface area contributed by atoms with Crippen molar-refractivity contribution in [3.63, 3.8) is 0 Å². The van der Waals surface area contributed by atoms with Gasteiger partial charge in [0.25, 0.3) is 0 Å². The Hall–Kier alpha value is -1.65. The maximum absolute atomic E-state index is 10.6. The third-order valence-corrected chi connectivity index (χ3v) is 1.61. The Kier molecular flexibility index (Phi) is 1.62. The van der Waals surface area contributed by atoms with Gasteiger partial charge in [0.05, 0.1) is 11.9 Å². The second-order valence-electron chi connectivity index (χ2n) is 2.43. The Morgan fingerprint density at radius 1 is 1.58 bits per heavy atom. The van der Waals surface area contributed by atoms with E-state index >= 15 is 0 Å². The van der Waals surface area contributed by atoms with Crippen molar-refractivity contribution in [2.45, 2.75) is 6.04 Å². The van der Waals surface area contributed by atoms with Crippen molar-refractivity contribution in [2.75, 3.05) is 6.61 Å². The van der Waals surface area contributed by atoms with Crippen LogP contribution in [-0.4, -0.2) is 22.7 Å². The summed E-state index contributed by atoms with van der Waals surface area (Å²) >= 11 is 0. The second kappa shape index (κ2) is 2.77. The molecule has 5 heteroatoms. The zero-order valence-electron chi connectivity index (χ0n) is 6.23. The summed E-state index contributed by atoms with van der Waals surface area (Å²) in [4.78, 5) is 18.6. The Bertz CT molecular complexity index is 288. The molecule has 1 saturated heterocycles. The maximum atomic E-state index is 10.6. The smallest absolute Gasteiger partial charge is 0.407 e. The van der Waals surface area contributed by atoms with E-state index in [1.54, 1.807) is 18.6 Å². The molecule has 0 radical (unpaired) electrons. The summed E-state index contributed by atoms with van der Waals surface area (Å²) in [6, 6.07) is -0.147. The Balaban J connectivity index is 2.16. The molecule has 1 aromatic heterocycles. The van der Waals surface area contributed by atoms with Crippen LogP contribution in [0.5, 0.6) is 0 Å². The minimum absolute atomic E-state index is 0.147. The summed E-state index contributed by atoms with van der Waals surface area (Å²) in [5.41, 5.74) is 0.725. The first-order valence-corrected chi connectivity index (χ1v) is 3.55. The SMILES string of the molecule is O=C1N[C@H](c2cnccn2)CO1. The van der Waals surface area contributed by atoms with E-state index in [1.807, 2.05) is 0 Å². The average Bonchev–Trinajstić information content (AvgIpc) is 2.54. The molecule has 1 aliphatic heterocycles. The molecule has 62 valence electrons. The zero-order chi connectivity index (χ0) is 8.39. The molecule has 1 amide bonds. The summed E-state index contributed by atoms with van der Waals surface area (Å²) in [5.74, 6) is 0. The van der Waals surface area contributed by atoms with Gasteiger partial charge in [-0.25, -0.2) is 4.79 Å². The molecule has 1 aliphatic rings. The summed E-state index contributed by atoms with van der Waals surface area (Å²) < 4.78 is 4.70. The first kappa shape index (κ1) is 7.02. The standard InChI is InChI=1S/C7H7N3O2/c11-7-10-6(4-12-7)5-3-8-1-2-9-5/h1-3,6H,4H2,(H,10,11)/t6-/m0/s1. The molecule has 1 atom stereocenters. The largest absolute Gasteiger partial charge is 0.447 e. The van der Waals surface area contributed by atoms with Gasteiger partial charge in [-0.1, -0.05) is 0 Å². The fourth-order valence-electron chi connectivity index (χ4n) is 1.03. The van der Waals surface area contributed by atoms with Gasteiger partial charge in [0, 0.05) is 12.4 Å². The fraction of sp³-hybridized carbons (Fsp3) is 0.286. The van der Waals surface area contributed by atoms with Crippen LogP contribution in [0.2, 0.25) is 0 Å². The van der Waals surface area contributed by atoms with Gasteiger partial charge >= 0.3 is 6.09 Å². The zero-order valence-corrected chi connectivity index (χ0v) is 6.23. The lowest BCUT2D eigenvalue weighted by molar-refractivity contribution is 0.177. The van der Waals surface area contributed by atoms with E-state index < -0.39 is 6.09 Å². The summed E-state index contributed by atoms with van der Waals surface area (Å²) in [6.07, 6.45) is 4.38. The van der Waals surface area contributed by atoms with Gasteiger partial charge in [-0.2, -0.15) is 0 Å². The van der Waals surface area contributed by atoms with Crippen LogP contribution in [-0.2, 0) is 4.74 Å². The van der Waals surface area contributed by atoms with Crippen molar-refractivity contribution in [1.29, 1.82) is 0 Å². The van der Waals surface area contributed by atoms with Crippen molar-refractivity contribution < 1.29 is 9.53 Å². The Morgan fingerprint density at radius 3 is 3.08 bits per heavy atom. The normalized spacial score (nSPS) is 21.7. The van der Waals surface area contributed by atoms with Gasteiger partial charge < -0.3 is 10.1 Å². The van der Waals surface area contributed by atoms with Gasteiger partial charge in [-0.3, -0.25) is 9.97 Å². The molecule has 2 rings (SSSR count). The lowest BCUT2D eigenvalue weighted by atomic mass is 10.2. The molecule has 0 bridgehead atoms. The quantitative estimate of drug-likeness (QED) is 0.648. The monoisotopic (exact) mass is 165 g/mol. The van der Waals surface area contributed by atoms with Crippen molar-refractivity contribution in [3.05, 3.63) is 24.3 Å². The number of hydrogen-bond acceptors (Lipinski definition) is 4. The highest BCUT2D eigenvalue weighted by Gasteiger charge is 2.24. The number of amides is 1. The van der Waals surface area contributed by atoms with Crippen LogP contribution >= 0.6 is 0 Å². The first-order chi connectivity index (χ1) is 5.86. The van der Waals surface area contributed by atoms with E-state index in [0.717, 1.165) is 5.69 Å². The number of hydrogen-bond donors (Lipinski definition) is 1. The summed E-state index contributed by atoms with van der Waals surface area (Å²) in [7, 11) is 0. The molecular formula is C7H7N3O2. The fourth-order valence-corrected chi connectivity index (χ4v) is 1.03. The van der Waals surface area contributed by atoms with Crippen molar-refractivity contribution in [3.8, 4) is 0 Å². The van der Waals surface area contributed by atoms with Crippen LogP contribution in [0, 0.1) is 0 Å². The number of nitrogens with zero attached hydrogens (tertiary/aromatic N) is 2. The average molecular weight is 165 g/mol. The second-order valence-corrected chi connectivity index (χ2v) is 2.43. The van der Waals surface area contributed by atoms with Gasteiger partial charge in [0.15, 0.2) is 0 Å². The molecule has 0 aromatic carbocycles. The number of rotatable bonds is 1. The molecule has 0 spiro atoms. The van der Waals surface area contributed by atoms with E-state index in [9.17, 15) is 4.79 Å². The van der Waals surface area contributed by atoms with E-state index in [-0.39, 0.29) is 6.04 Å². The highest BCUT2D eigenvalue weighted by Crippen LogP contribution is 2.13. The molecule has 0 unspecified atom stereocenters. The summed E-state index contributed by atoms with van der Waals surface area (Å²) in [5, 5.41) is 2.61. The highest BCUT2D eigenvalue weighted by molar-refractivity contribution is 5.69. The predicted molar refractivity (Wildman–Crippen MR) is 39.3 cm³/mol. The van der Waals surface area contributed by atoms with Crippen LogP contribution in [0.3, 0.4) is 0 Å². The molecule has 1 aromatic rings. The number of nitrogens with one attached hydrogen (secondary N) is 1. The number of carbonyl (C=O) groups is 1. The minimum atomic E-state index is -0.398. The highest BCUT2D eigenvalue weighted by atomic mass is 16.6. The van der Waals surface area contributed by atoms with E-state index in [0.29, 0.717) is 6.61 Å². The Morgan fingerprint density at radius 2 is 2.50 bits per heavy atom. The Labute approximate surface area is 68.8 Å². The predicted octanol–water partition coefficient (Wildman–Crippen LogP) is 0.258. The number of aromatic nitrogens is 2. The molecule has 2 heterocycles. The molecule has 0 saturated carbocycles. The van der Waals surface area contributed by atoms with Crippen LogP contribution in [0.4, 0.5) is 4.79 Å². The lowest BCUT2D eigenvalue weighted by Gasteiger charge is -2.03. The van der Waals surface area contributed by atoms with E-state index in [4.69, 9.17) is 4.74 Å². The minimum Gasteiger partial charge on any atom is -0.447 e. The summed E-state index contributed by atoms with van der Waals surface area (Å²) in [6.45, 7) is 0.331. The van der Waals surface area contributed by atoms with Gasteiger partial charge in [0.2, 0.25) is 0 Å². The molecule has 12 heavy (non-hydrogen) atoms. The van der Waals surface area contributed by atoms with Gasteiger partial charge in [-0.15, -0.1) is 0 Å². The molecule has 5 nitrogen and oxygen atoms in total. The first-order valence-electron chi connectivity index (χ1n) is 3.55. The molecule has 1 N–H and O–H groups in total. The number of ether oxygens (including phenoxy) is 1. The van der Waals surface area contributed by atoms with Crippen LogP contribution < -0.4 is 5.32 Å². The topological polar surface area (TPSA) is 64.1 Å². The third-order valence-electron chi connectivity index (χ3n) is 1.61. The molecular weight excluding hydrogens is 158 g/mol. The van der Waals surface area contributed by atoms with E-state index in [2.05, 4.69) is 15.3 Å². The lowest BCUT2D eigenvalue weighted by Crippen LogP contribution is -2.19. The van der Waals surface area contributed by atoms with Crippen LogP contribution in [0.1, 0.15) is 11.7 Å². The molecule has 0 aliphatic carbocycles. The van der Waals surface area contributed by atoms with Crippen LogP contribution in [0.15, 0.2) is 18.6 Å². The van der Waals surface area contributed by atoms with E-state index in [1.165, 1.54) is 0 Å². The van der Waals surface area contributed by atoms with Gasteiger partial charge in [-0.05, 0) is 0 Å². The molecule has 1 fully saturated rings. The third kappa shape index (κ3) is 1.20. The number of cyclic esters (lactones) is 1. The van der Waals surface area contributed by atoms with Gasteiger partial charge in [0.1, 0.15) is 12.6 Å². The van der Waals surface area contributed by atoms with Crippen LogP contribution in [0.25, 0.3) is 0 Å². The maximum Gasteiger partial charge on any atom is 0.407 e. The van der Waals surface area contributed by atoms with Crippen molar-refractivity contribution >= 4 is 6.09 Å². The number of alkyl carbamates (subject to hydrolysis) is 1.